The minimum absolute atomic E-state index is 0.303. The number of nitrogens with two attached hydrogens (primary N) is 1. The summed E-state index contributed by atoms with van der Waals surface area (Å²) in [5.41, 5.74) is 8.57. The van der Waals surface area contributed by atoms with E-state index in [0.717, 1.165) is 0 Å². The molecule has 2 N–H and O–H groups in total. The van der Waals surface area contributed by atoms with Crippen molar-refractivity contribution in [2.75, 3.05) is 13.6 Å². The molecule has 0 amide bonds. The normalized spacial score (nSPS) is 19.6. The van der Waals surface area contributed by atoms with Crippen LogP contribution in [0.1, 0.15) is 55.8 Å². The molecule has 1 unspecified atom stereocenters. The number of likely N-dealkylation sites (N-methyl/N-ethyl adjacent to an activating group) is 1. The van der Waals surface area contributed by atoms with E-state index in [-0.39, 0.29) is 0 Å². The summed E-state index contributed by atoms with van der Waals surface area (Å²) in [6, 6.07) is 0.979. The summed E-state index contributed by atoms with van der Waals surface area (Å²) in [6.45, 7) is 2.80. The zero-order valence-electron chi connectivity index (χ0n) is 12.6. The van der Waals surface area contributed by atoms with Crippen molar-refractivity contribution >= 4 is 0 Å². The van der Waals surface area contributed by atoms with Crippen molar-refractivity contribution in [1.29, 1.82) is 0 Å². The number of aryl methyl sites for hydroxylation is 1. The first-order chi connectivity index (χ1) is 9.15. The van der Waals surface area contributed by atoms with Crippen molar-refractivity contribution < 1.29 is 0 Å². The molecule has 1 aromatic heterocycles. The fourth-order valence-corrected chi connectivity index (χ4v) is 3.28. The van der Waals surface area contributed by atoms with Crippen LogP contribution in [0.5, 0.6) is 0 Å². The monoisotopic (exact) mass is 264 g/mol. The minimum atomic E-state index is 0.303. The van der Waals surface area contributed by atoms with E-state index in [1.807, 2.05) is 17.9 Å². The SMILES string of the molecule is Cc1c(C(CN)N(C)C2CCCCCC2)cnn1C. The summed E-state index contributed by atoms with van der Waals surface area (Å²) >= 11 is 0. The molecular formula is C15H28N4. The van der Waals surface area contributed by atoms with Crippen LogP contribution in [0.15, 0.2) is 6.20 Å². The van der Waals surface area contributed by atoms with Crippen LogP contribution in [0.3, 0.4) is 0 Å². The van der Waals surface area contributed by atoms with Crippen molar-refractivity contribution in [3.8, 4) is 0 Å². The van der Waals surface area contributed by atoms with Crippen LogP contribution in [0.2, 0.25) is 0 Å². The molecule has 1 heterocycles. The van der Waals surface area contributed by atoms with E-state index in [2.05, 4.69) is 24.0 Å². The Hall–Kier alpha value is -0.870. The van der Waals surface area contributed by atoms with E-state index in [1.165, 1.54) is 49.8 Å². The highest BCUT2D eigenvalue weighted by Gasteiger charge is 2.26. The third kappa shape index (κ3) is 3.18. The summed E-state index contributed by atoms with van der Waals surface area (Å²) < 4.78 is 1.94. The summed E-state index contributed by atoms with van der Waals surface area (Å²) in [5, 5.41) is 4.37. The lowest BCUT2D eigenvalue weighted by Gasteiger charge is -2.34. The van der Waals surface area contributed by atoms with Gasteiger partial charge in [0.25, 0.3) is 0 Å². The Morgan fingerprint density at radius 3 is 2.47 bits per heavy atom. The van der Waals surface area contributed by atoms with Crippen LogP contribution >= 0.6 is 0 Å². The van der Waals surface area contributed by atoms with Gasteiger partial charge >= 0.3 is 0 Å². The molecule has 1 atom stereocenters. The summed E-state index contributed by atoms with van der Waals surface area (Å²) in [5.74, 6) is 0. The van der Waals surface area contributed by atoms with Crippen LogP contribution in [-0.4, -0.2) is 34.3 Å². The lowest BCUT2D eigenvalue weighted by atomic mass is 10.0. The highest BCUT2D eigenvalue weighted by atomic mass is 15.3. The van der Waals surface area contributed by atoms with Crippen LogP contribution < -0.4 is 5.73 Å². The van der Waals surface area contributed by atoms with Gasteiger partial charge in [-0.05, 0) is 26.8 Å². The van der Waals surface area contributed by atoms with Crippen LogP contribution in [-0.2, 0) is 7.05 Å². The van der Waals surface area contributed by atoms with Crippen molar-refractivity contribution in [3.05, 3.63) is 17.5 Å². The molecule has 0 spiro atoms. The highest BCUT2D eigenvalue weighted by Crippen LogP contribution is 2.29. The Labute approximate surface area is 117 Å². The predicted octanol–water partition coefficient (Wildman–Crippen LogP) is 2.38. The van der Waals surface area contributed by atoms with Gasteiger partial charge in [0.1, 0.15) is 0 Å². The summed E-state index contributed by atoms with van der Waals surface area (Å²) in [4.78, 5) is 2.50. The fourth-order valence-electron chi connectivity index (χ4n) is 3.28. The molecule has 4 heteroatoms. The first-order valence-electron chi connectivity index (χ1n) is 7.55. The molecule has 2 rings (SSSR count). The average Bonchev–Trinajstić information content (AvgIpc) is 2.65. The molecular weight excluding hydrogens is 236 g/mol. The van der Waals surface area contributed by atoms with E-state index < -0.39 is 0 Å². The van der Waals surface area contributed by atoms with E-state index in [4.69, 9.17) is 5.73 Å². The van der Waals surface area contributed by atoms with Gasteiger partial charge in [0.2, 0.25) is 0 Å². The molecule has 0 aliphatic heterocycles. The molecule has 4 nitrogen and oxygen atoms in total. The van der Waals surface area contributed by atoms with Gasteiger partial charge in [0.05, 0.1) is 12.2 Å². The smallest absolute Gasteiger partial charge is 0.0540 e. The Bertz CT molecular complexity index is 391. The standard InChI is InChI=1S/C15H28N4/c1-12-14(11-17-19(12)3)15(10-16)18(2)13-8-6-4-5-7-9-13/h11,13,15H,4-10,16H2,1-3H3. The van der Waals surface area contributed by atoms with Gasteiger partial charge in [-0.3, -0.25) is 9.58 Å². The lowest BCUT2D eigenvalue weighted by molar-refractivity contribution is 0.161. The largest absolute Gasteiger partial charge is 0.329 e. The zero-order chi connectivity index (χ0) is 13.8. The van der Waals surface area contributed by atoms with Gasteiger partial charge in [-0.2, -0.15) is 5.10 Å². The van der Waals surface area contributed by atoms with Gasteiger partial charge in [-0.1, -0.05) is 25.7 Å². The second-order valence-electron chi connectivity index (χ2n) is 5.87. The molecule has 108 valence electrons. The predicted molar refractivity (Wildman–Crippen MR) is 79.0 cm³/mol. The summed E-state index contributed by atoms with van der Waals surface area (Å²) in [6.07, 6.45) is 10.1. The van der Waals surface area contributed by atoms with Gasteiger partial charge in [-0.15, -0.1) is 0 Å². The average molecular weight is 264 g/mol. The Morgan fingerprint density at radius 1 is 1.37 bits per heavy atom. The van der Waals surface area contributed by atoms with E-state index in [0.29, 0.717) is 18.6 Å². The molecule has 1 saturated carbocycles. The molecule has 0 aromatic carbocycles. The van der Waals surface area contributed by atoms with E-state index >= 15 is 0 Å². The van der Waals surface area contributed by atoms with Crippen molar-refractivity contribution in [2.24, 2.45) is 12.8 Å². The maximum Gasteiger partial charge on any atom is 0.0540 e. The fraction of sp³-hybridized carbons (Fsp3) is 0.800. The maximum absolute atomic E-state index is 6.05. The van der Waals surface area contributed by atoms with Crippen LogP contribution in [0, 0.1) is 6.92 Å². The topological polar surface area (TPSA) is 47.1 Å². The van der Waals surface area contributed by atoms with Gasteiger partial charge in [0.15, 0.2) is 0 Å². The Kier molecular flexibility index (Phi) is 4.99. The third-order valence-corrected chi connectivity index (χ3v) is 4.75. The van der Waals surface area contributed by atoms with E-state index in [9.17, 15) is 0 Å². The van der Waals surface area contributed by atoms with Gasteiger partial charge < -0.3 is 5.73 Å². The molecule has 1 aromatic rings. The van der Waals surface area contributed by atoms with Crippen LogP contribution in [0.25, 0.3) is 0 Å². The number of aromatic nitrogens is 2. The van der Waals surface area contributed by atoms with E-state index in [1.54, 1.807) is 0 Å². The van der Waals surface area contributed by atoms with Crippen molar-refractivity contribution in [1.82, 2.24) is 14.7 Å². The molecule has 0 bridgehead atoms. The minimum Gasteiger partial charge on any atom is -0.329 e. The molecule has 1 aliphatic rings. The first-order valence-corrected chi connectivity index (χ1v) is 7.55. The van der Waals surface area contributed by atoms with Crippen molar-refractivity contribution in [2.45, 2.75) is 57.5 Å². The van der Waals surface area contributed by atoms with Gasteiger partial charge in [0, 0.05) is 30.9 Å². The quantitative estimate of drug-likeness (QED) is 0.849. The number of nitrogens with zero attached hydrogens (tertiary/aromatic N) is 3. The number of rotatable bonds is 4. The zero-order valence-corrected chi connectivity index (χ0v) is 12.6. The molecule has 19 heavy (non-hydrogen) atoms. The molecule has 1 aliphatic carbocycles. The molecule has 0 saturated heterocycles. The highest BCUT2D eigenvalue weighted by molar-refractivity contribution is 5.21. The van der Waals surface area contributed by atoms with Gasteiger partial charge in [-0.25, -0.2) is 0 Å². The summed E-state index contributed by atoms with van der Waals surface area (Å²) in [7, 11) is 4.23. The third-order valence-electron chi connectivity index (χ3n) is 4.75. The molecule has 0 radical (unpaired) electrons. The number of hydrogen-bond acceptors (Lipinski definition) is 3. The lowest BCUT2D eigenvalue weighted by Crippen LogP contribution is -2.38. The maximum atomic E-state index is 6.05. The van der Waals surface area contributed by atoms with Crippen LogP contribution in [0.4, 0.5) is 0 Å². The van der Waals surface area contributed by atoms with Crippen molar-refractivity contribution in [3.63, 3.8) is 0 Å². The second-order valence-corrected chi connectivity index (χ2v) is 5.87. The first kappa shape index (κ1) is 14.5. The molecule has 1 fully saturated rings. The second kappa shape index (κ2) is 6.53. The Balaban J connectivity index is 2.14. The number of hydrogen-bond donors (Lipinski definition) is 1. The Morgan fingerprint density at radius 2 is 2.00 bits per heavy atom.